The van der Waals surface area contributed by atoms with Gasteiger partial charge < -0.3 is 15.2 Å². The molecular weight excluding hydrogens is 214 g/mol. The van der Waals surface area contributed by atoms with Crippen molar-refractivity contribution in [3.63, 3.8) is 0 Å². The minimum atomic E-state index is 0.271. The largest absolute Gasteiger partial charge is 0.486 e. The molecule has 0 spiro atoms. The molecule has 94 valence electrons. The number of rotatable bonds is 4. The topological polar surface area (TPSA) is 44.5 Å². The van der Waals surface area contributed by atoms with Crippen LogP contribution in [0.15, 0.2) is 12.1 Å². The van der Waals surface area contributed by atoms with E-state index >= 15 is 0 Å². The molecule has 1 heterocycles. The standard InChI is InChI=1S/C14H21NO2/c1-10-8-12(5-3-4-11(2)15)14-13(9-10)16-6-7-17-14/h8-9,11H,3-7,15H2,1-2H3/t11-/m0/s1. The Labute approximate surface area is 103 Å². The van der Waals surface area contributed by atoms with Gasteiger partial charge in [0.25, 0.3) is 0 Å². The fourth-order valence-electron chi connectivity index (χ4n) is 2.18. The van der Waals surface area contributed by atoms with Crippen LogP contribution in [-0.2, 0) is 6.42 Å². The molecule has 3 nitrogen and oxygen atoms in total. The predicted molar refractivity (Wildman–Crippen MR) is 68.8 cm³/mol. The number of hydrogen-bond acceptors (Lipinski definition) is 3. The molecule has 0 saturated carbocycles. The zero-order valence-electron chi connectivity index (χ0n) is 10.7. The van der Waals surface area contributed by atoms with E-state index < -0.39 is 0 Å². The summed E-state index contributed by atoms with van der Waals surface area (Å²) in [5.41, 5.74) is 8.25. The van der Waals surface area contributed by atoms with E-state index in [1.54, 1.807) is 0 Å². The summed E-state index contributed by atoms with van der Waals surface area (Å²) in [6.07, 6.45) is 3.15. The zero-order chi connectivity index (χ0) is 12.3. The maximum absolute atomic E-state index is 5.77. The van der Waals surface area contributed by atoms with E-state index in [4.69, 9.17) is 15.2 Å². The molecule has 3 heteroatoms. The zero-order valence-corrected chi connectivity index (χ0v) is 10.7. The molecule has 1 aromatic carbocycles. The van der Waals surface area contributed by atoms with Crippen molar-refractivity contribution in [3.8, 4) is 11.5 Å². The number of ether oxygens (including phenoxy) is 2. The third-order valence-electron chi connectivity index (χ3n) is 2.97. The molecule has 0 bridgehead atoms. The Morgan fingerprint density at radius 3 is 2.82 bits per heavy atom. The van der Waals surface area contributed by atoms with Crippen LogP contribution < -0.4 is 15.2 Å². The van der Waals surface area contributed by atoms with E-state index in [2.05, 4.69) is 13.0 Å². The lowest BCUT2D eigenvalue weighted by Crippen LogP contribution is -2.17. The SMILES string of the molecule is Cc1cc(CCC[C@H](C)N)c2c(c1)OCCO2. The van der Waals surface area contributed by atoms with Gasteiger partial charge in [0.1, 0.15) is 13.2 Å². The van der Waals surface area contributed by atoms with Crippen molar-refractivity contribution < 1.29 is 9.47 Å². The van der Waals surface area contributed by atoms with E-state index in [0.29, 0.717) is 13.2 Å². The predicted octanol–water partition coefficient (Wildman–Crippen LogP) is 2.44. The molecule has 1 atom stereocenters. The fraction of sp³-hybridized carbons (Fsp3) is 0.571. The van der Waals surface area contributed by atoms with Crippen molar-refractivity contribution in [1.29, 1.82) is 0 Å². The second-order valence-corrected chi connectivity index (χ2v) is 4.82. The van der Waals surface area contributed by atoms with Gasteiger partial charge in [-0.3, -0.25) is 0 Å². The van der Waals surface area contributed by atoms with Crippen LogP contribution in [0.25, 0.3) is 0 Å². The number of aryl methyl sites for hydroxylation is 2. The van der Waals surface area contributed by atoms with Gasteiger partial charge >= 0.3 is 0 Å². The maximum atomic E-state index is 5.77. The Hall–Kier alpha value is -1.22. The van der Waals surface area contributed by atoms with Gasteiger partial charge in [-0.1, -0.05) is 6.07 Å². The van der Waals surface area contributed by atoms with Crippen molar-refractivity contribution in [2.24, 2.45) is 5.73 Å². The first kappa shape index (κ1) is 12.2. The lowest BCUT2D eigenvalue weighted by atomic mass is 10.0. The van der Waals surface area contributed by atoms with Gasteiger partial charge in [0.2, 0.25) is 0 Å². The molecule has 1 aliphatic rings. The summed E-state index contributed by atoms with van der Waals surface area (Å²) < 4.78 is 11.3. The molecule has 0 fully saturated rings. The summed E-state index contributed by atoms with van der Waals surface area (Å²) >= 11 is 0. The van der Waals surface area contributed by atoms with Gasteiger partial charge in [0, 0.05) is 6.04 Å². The van der Waals surface area contributed by atoms with E-state index in [0.717, 1.165) is 30.8 Å². The van der Waals surface area contributed by atoms with E-state index in [-0.39, 0.29) is 6.04 Å². The maximum Gasteiger partial charge on any atom is 0.164 e. The van der Waals surface area contributed by atoms with Crippen molar-refractivity contribution in [2.75, 3.05) is 13.2 Å². The average Bonchev–Trinajstić information content (AvgIpc) is 2.28. The Morgan fingerprint density at radius 1 is 1.29 bits per heavy atom. The molecule has 0 aliphatic carbocycles. The fourth-order valence-corrected chi connectivity index (χ4v) is 2.18. The third kappa shape index (κ3) is 3.13. The summed E-state index contributed by atoms with van der Waals surface area (Å²) in [4.78, 5) is 0. The molecule has 2 rings (SSSR count). The molecular formula is C14H21NO2. The van der Waals surface area contributed by atoms with Gasteiger partial charge in [0.05, 0.1) is 0 Å². The number of hydrogen-bond donors (Lipinski definition) is 1. The smallest absolute Gasteiger partial charge is 0.164 e. The molecule has 2 N–H and O–H groups in total. The van der Waals surface area contributed by atoms with E-state index in [1.165, 1.54) is 11.1 Å². The Bertz CT molecular complexity index is 388. The van der Waals surface area contributed by atoms with Gasteiger partial charge in [-0.15, -0.1) is 0 Å². The third-order valence-corrected chi connectivity index (χ3v) is 2.97. The monoisotopic (exact) mass is 235 g/mol. The lowest BCUT2D eigenvalue weighted by Gasteiger charge is -2.22. The van der Waals surface area contributed by atoms with Crippen LogP contribution in [0.3, 0.4) is 0 Å². The van der Waals surface area contributed by atoms with Crippen LogP contribution in [0.1, 0.15) is 30.9 Å². The van der Waals surface area contributed by atoms with Crippen LogP contribution >= 0.6 is 0 Å². The Kier molecular flexibility index (Phi) is 3.89. The molecule has 0 unspecified atom stereocenters. The van der Waals surface area contributed by atoms with Crippen molar-refractivity contribution in [3.05, 3.63) is 23.3 Å². The molecule has 0 aromatic heterocycles. The average molecular weight is 235 g/mol. The molecule has 1 aromatic rings. The van der Waals surface area contributed by atoms with Crippen molar-refractivity contribution in [1.82, 2.24) is 0 Å². The summed E-state index contributed by atoms with van der Waals surface area (Å²) in [6, 6.07) is 4.51. The van der Waals surface area contributed by atoms with E-state index in [9.17, 15) is 0 Å². The molecule has 0 radical (unpaired) electrons. The highest BCUT2D eigenvalue weighted by Gasteiger charge is 2.16. The Morgan fingerprint density at radius 2 is 2.06 bits per heavy atom. The summed E-state index contributed by atoms with van der Waals surface area (Å²) in [6.45, 7) is 5.44. The first-order chi connectivity index (χ1) is 8.16. The first-order valence-corrected chi connectivity index (χ1v) is 6.31. The number of nitrogens with two attached hydrogens (primary N) is 1. The molecule has 0 saturated heterocycles. The summed E-state index contributed by atoms with van der Waals surface area (Å²) in [5, 5.41) is 0. The van der Waals surface area contributed by atoms with Crippen molar-refractivity contribution in [2.45, 2.75) is 39.2 Å². The minimum absolute atomic E-state index is 0.271. The van der Waals surface area contributed by atoms with Crippen LogP contribution in [0.2, 0.25) is 0 Å². The first-order valence-electron chi connectivity index (χ1n) is 6.31. The Balaban J connectivity index is 2.12. The van der Waals surface area contributed by atoms with Gasteiger partial charge in [-0.25, -0.2) is 0 Å². The van der Waals surface area contributed by atoms with Gasteiger partial charge in [0.15, 0.2) is 11.5 Å². The highest BCUT2D eigenvalue weighted by atomic mass is 16.6. The molecule has 1 aliphatic heterocycles. The quantitative estimate of drug-likeness (QED) is 0.871. The van der Waals surface area contributed by atoms with Crippen molar-refractivity contribution >= 4 is 0 Å². The van der Waals surface area contributed by atoms with E-state index in [1.807, 2.05) is 13.0 Å². The number of fused-ring (bicyclic) bond motifs is 1. The minimum Gasteiger partial charge on any atom is -0.486 e. The molecule has 0 amide bonds. The second-order valence-electron chi connectivity index (χ2n) is 4.82. The van der Waals surface area contributed by atoms with Crippen LogP contribution in [0.5, 0.6) is 11.5 Å². The molecule has 17 heavy (non-hydrogen) atoms. The van der Waals surface area contributed by atoms with Crippen LogP contribution in [0.4, 0.5) is 0 Å². The summed E-state index contributed by atoms with van der Waals surface area (Å²) in [5.74, 6) is 1.83. The van der Waals surface area contributed by atoms with Gasteiger partial charge in [-0.2, -0.15) is 0 Å². The highest BCUT2D eigenvalue weighted by molar-refractivity contribution is 5.50. The highest BCUT2D eigenvalue weighted by Crippen LogP contribution is 2.35. The number of benzene rings is 1. The van der Waals surface area contributed by atoms with Crippen LogP contribution in [0, 0.1) is 6.92 Å². The summed E-state index contributed by atoms with van der Waals surface area (Å²) in [7, 11) is 0. The van der Waals surface area contributed by atoms with Crippen LogP contribution in [-0.4, -0.2) is 19.3 Å². The normalized spacial score (nSPS) is 15.7. The lowest BCUT2D eigenvalue weighted by molar-refractivity contribution is 0.169. The second kappa shape index (κ2) is 5.41. The van der Waals surface area contributed by atoms with Gasteiger partial charge in [-0.05, 0) is 50.3 Å².